The van der Waals surface area contributed by atoms with Crippen molar-refractivity contribution in [3.63, 3.8) is 0 Å². The first-order chi connectivity index (χ1) is 18.9. The Bertz CT molecular complexity index is 1190. The number of benzene rings is 3. The quantitative estimate of drug-likeness (QED) is 0.0706. The van der Waals surface area contributed by atoms with Crippen LogP contribution in [0.15, 0.2) is 107 Å². The van der Waals surface area contributed by atoms with E-state index >= 15 is 0 Å². The van der Waals surface area contributed by atoms with E-state index < -0.39 is 11.0 Å². The molecule has 1 aliphatic rings. The van der Waals surface area contributed by atoms with Crippen molar-refractivity contribution >= 4 is 17.3 Å². The molecule has 0 saturated carbocycles. The largest absolute Gasteiger partial charge is 0.382 e. The van der Waals surface area contributed by atoms with E-state index in [1.165, 1.54) is 18.4 Å². The number of nitrogens with one attached hydrogen (secondary N) is 1. The van der Waals surface area contributed by atoms with E-state index in [1.807, 2.05) is 66.7 Å². The van der Waals surface area contributed by atoms with Crippen LogP contribution in [0.3, 0.4) is 0 Å². The van der Waals surface area contributed by atoms with E-state index in [1.54, 1.807) is 12.1 Å². The highest BCUT2D eigenvalue weighted by atomic mass is 32.2. The molecule has 3 aromatic rings. The molecule has 7 nitrogen and oxygen atoms in total. The van der Waals surface area contributed by atoms with Crippen LogP contribution in [0.4, 0.5) is 0 Å². The van der Waals surface area contributed by atoms with Crippen molar-refractivity contribution in [1.82, 2.24) is 5.48 Å². The topological polar surface area (TPSA) is 84.8 Å². The summed E-state index contributed by atoms with van der Waals surface area (Å²) in [4.78, 5) is 27.6. The van der Waals surface area contributed by atoms with Crippen LogP contribution < -0.4 is 10.3 Å². The molecule has 1 aliphatic heterocycles. The van der Waals surface area contributed by atoms with Crippen molar-refractivity contribution in [2.24, 2.45) is 10.5 Å². The molecular formula is C31H40N3O4S+. The molecule has 0 radical (unpaired) electrons. The first-order valence-corrected chi connectivity index (χ1v) is 14.4. The molecule has 208 valence electrons. The Hall–Kier alpha value is -3.62. The predicted molar refractivity (Wildman–Crippen MR) is 158 cm³/mol. The number of quaternary nitrogens is 1. The fourth-order valence-electron chi connectivity index (χ4n) is 3.66. The molecule has 0 aliphatic carbocycles. The summed E-state index contributed by atoms with van der Waals surface area (Å²) in [5, 5.41) is 0. The van der Waals surface area contributed by atoms with Gasteiger partial charge < -0.3 is 4.84 Å². The van der Waals surface area contributed by atoms with Gasteiger partial charge in [-0.05, 0) is 25.0 Å². The van der Waals surface area contributed by atoms with Gasteiger partial charge in [-0.15, -0.1) is 4.91 Å². The molecule has 1 saturated heterocycles. The van der Waals surface area contributed by atoms with Crippen molar-refractivity contribution in [1.29, 1.82) is 0 Å². The summed E-state index contributed by atoms with van der Waals surface area (Å²) in [6, 6.07) is 28.9. The second kappa shape index (κ2) is 17.1. The van der Waals surface area contributed by atoms with E-state index in [9.17, 15) is 13.9 Å². The molecule has 0 bridgehead atoms. The average Bonchev–Trinajstić information content (AvgIpc) is 3.67. The number of hydrogen-bond donors (Lipinski definition) is 1. The van der Waals surface area contributed by atoms with Crippen LogP contribution in [0.1, 0.15) is 44.7 Å². The lowest BCUT2D eigenvalue weighted by Gasteiger charge is -2.16. The molecule has 8 heteroatoms. The van der Waals surface area contributed by atoms with Gasteiger partial charge in [-0.1, -0.05) is 118 Å². The van der Waals surface area contributed by atoms with Crippen LogP contribution in [-0.4, -0.2) is 27.4 Å². The highest BCUT2D eigenvalue weighted by Crippen LogP contribution is 2.40. The third-order valence-electron chi connectivity index (χ3n) is 6.48. The lowest BCUT2D eigenvalue weighted by atomic mass is 10.1. The number of hydrogen-bond acceptors (Lipinski definition) is 5. The molecule has 1 N–H and O–H groups in total. The Morgan fingerprint density at radius 1 is 0.974 bits per heavy atom. The zero-order valence-electron chi connectivity index (χ0n) is 23.3. The van der Waals surface area contributed by atoms with Crippen molar-refractivity contribution in [2.45, 2.75) is 47.1 Å². The minimum Gasteiger partial charge on any atom is -0.382 e. The molecule has 0 spiro atoms. The highest BCUT2D eigenvalue weighted by molar-refractivity contribution is 7.83. The summed E-state index contributed by atoms with van der Waals surface area (Å²) in [5.74, 6) is 1.52. The van der Waals surface area contributed by atoms with Crippen LogP contribution in [0.2, 0.25) is 0 Å². The van der Waals surface area contributed by atoms with Crippen molar-refractivity contribution in [3.05, 3.63) is 118 Å². The average molecular weight is 551 g/mol. The van der Waals surface area contributed by atoms with E-state index in [-0.39, 0.29) is 16.1 Å². The van der Waals surface area contributed by atoms with Gasteiger partial charge >= 0.3 is 0 Å². The fraction of sp³-hybridized carbons (Fsp3) is 0.323. The fourth-order valence-corrected chi connectivity index (χ4v) is 4.47. The second-order valence-corrected chi connectivity index (χ2v) is 10.6. The Balaban J connectivity index is 0.000000337. The molecule has 0 aromatic heterocycles. The van der Waals surface area contributed by atoms with Gasteiger partial charge in [0.2, 0.25) is 11.0 Å². The van der Waals surface area contributed by atoms with Crippen LogP contribution >= 0.6 is 0 Å². The number of carbonyl (C=O) groups is 1. The first-order valence-electron chi connectivity index (χ1n) is 13.2. The number of allylic oxidation sites excluding steroid dienone is 1. The lowest BCUT2D eigenvalue weighted by Crippen LogP contribution is -2.30. The Labute approximate surface area is 235 Å². The second-order valence-electron chi connectivity index (χ2n) is 9.54. The number of nitroso groups, excluding NO2 is 1. The van der Waals surface area contributed by atoms with Gasteiger partial charge in [-0.25, -0.2) is 9.69 Å². The number of aldehydes is 1. The van der Waals surface area contributed by atoms with Crippen molar-refractivity contribution in [2.75, 3.05) is 12.4 Å². The van der Waals surface area contributed by atoms with Crippen molar-refractivity contribution in [3.8, 4) is 5.75 Å². The lowest BCUT2D eigenvalue weighted by molar-refractivity contribution is -0.780. The van der Waals surface area contributed by atoms with Gasteiger partial charge in [-0.3, -0.25) is 9.28 Å². The van der Waals surface area contributed by atoms with Crippen molar-refractivity contribution < 1.29 is 18.3 Å². The van der Waals surface area contributed by atoms with Gasteiger partial charge in [-0.2, -0.15) is 0 Å². The molecule has 1 heterocycles. The Kier molecular flexibility index (Phi) is 13.8. The third kappa shape index (κ3) is 11.3. The maximum absolute atomic E-state index is 11.7. The van der Waals surface area contributed by atoms with Crippen LogP contribution in [0, 0.1) is 17.7 Å². The molecular weight excluding hydrogens is 510 g/mol. The normalized spacial score (nSPS) is 17.4. The van der Waals surface area contributed by atoms with Crippen LogP contribution in [0.25, 0.3) is 0 Å². The predicted octanol–water partition coefficient (Wildman–Crippen LogP) is 6.84. The zero-order valence-corrected chi connectivity index (χ0v) is 24.1. The minimum absolute atomic E-state index is 0.0259. The number of carbonyl (C=O) groups excluding carboxylic acids is 1. The minimum atomic E-state index is -1.86. The Morgan fingerprint density at radius 2 is 1.51 bits per heavy atom. The molecule has 1 fully saturated rings. The number of para-hydroxylation sites is 1. The maximum Gasteiger partial charge on any atom is 0.236 e. The molecule has 2 atom stereocenters. The van der Waals surface area contributed by atoms with E-state index in [0.29, 0.717) is 25.1 Å². The SMILES string of the molecule is CCC(C)CC.Cc1ccccc1.O=C/C(NOc1ccccc1)=C1\C[N+]1(Cc1ccccc1)CS(=O)N=O. The van der Waals surface area contributed by atoms with Gasteiger partial charge in [0.05, 0.1) is 0 Å². The summed E-state index contributed by atoms with van der Waals surface area (Å²) in [6.45, 7) is 9.83. The number of hydroxylamine groups is 1. The zero-order chi connectivity index (χ0) is 28.5. The first kappa shape index (κ1) is 31.6. The summed E-state index contributed by atoms with van der Waals surface area (Å²) in [6.07, 6.45) is 3.33. The number of rotatable bonds is 11. The number of aryl methyl sites for hydroxylation is 1. The summed E-state index contributed by atoms with van der Waals surface area (Å²) in [7, 11) is -1.86. The van der Waals surface area contributed by atoms with E-state index in [0.717, 1.165) is 17.2 Å². The summed E-state index contributed by atoms with van der Waals surface area (Å²) < 4.78 is 14.6. The summed E-state index contributed by atoms with van der Waals surface area (Å²) >= 11 is 0. The van der Waals surface area contributed by atoms with Crippen LogP contribution in [-0.2, 0) is 22.3 Å². The van der Waals surface area contributed by atoms with Gasteiger partial charge in [0, 0.05) is 10.1 Å². The smallest absolute Gasteiger partial charge is 0.236 e. The standard InChI is InChI=1S/C18H18N3O4S.C7H8.C6H14/c22-13-17(19-25-16-9-5-2-6-10-16)18-12-21(18,14-26(24)20-23)11-15-7-3-1-4-8-15;1-7-5-3-2-4-6-7;1-4-6(3)5-2/h1-10,13,19H,11-12,14H2;2-6H,1H3;6H,4-5H2,1-3H3/q+1;;/b18-17-;;. The maximum atomic E-state index is 11.7. The third-order valence-corrected chi connectivity index (χ3v) is 7.36. The highest BCUT2D eigenvalue weighted by Gasteiger charge is 2.54. The molecule has 4 rings (SSSR count). The van der Waals surface area contributed by atoms with Crippen LogP contribution in [0.5, 0.6) is 5.75 Å². The molecule has 2 unspecified atom stereocenters. The molecule has 39 heavy (non-hydrogen) atoms. The summed E-state index contributed by atoms with van der Waals surface area (Å²) in [5.41, 5.74) is 6.01. The van der Waals surface area contributed by atoms with Gasteiger partial charge in [0.25, 0.3) is 0 Å². The number of nitrogens with zero attached hydrogens (tertiary/aromatic N) is 2. The Morgan fingerprint density at radius 3 is 1.95 bits per heavy atom. The van der Waals surface area contributed by atoms with Gasteiger partial charge in [0.1, 0.15) is 6.54 Å². The molecule has 3 aromatic carbocycles. The van der Waals surface area contributed by atoms with E-state index in [2.05, 4.69) is 49.9 Å². The van der Waals surface area contributed by atoms with E-state index in [4.69, 9.17) is 4.84 Å². The van der Waals surface area contributed by atoms with Gasteiger partial charge in [0.15, 0.2) is 35.9 Å². The molecule has 0 amide bonds. The monoisotopic (exact) mass is 550 g/mol.